The molecule has 0 radical (unpaired) electrons. The number of nitrogens with one attached hydrogen (secondary N) is 3. The number of pyridine rings is 1. The van der Waals surface area contributed by atoms with E-state index in [9.17, 15) is 23.2 Å². The molecule has 0 aliphatic heterocycles. The standard InChI is InChI=1S/C22H19F3N8O/c1-11(12-2-5-17(30-9-12)22(23,24)25)31-20-18(16(27)6-26)21(34)33-19(32-20)15-4-3-14(15)13-7-28-10-29-8-13/h2,5,7-11,14-15,27H,3-4H2,1H3,(H2,31,32,33,34)/t11-,14?,15?/m0/s1. The van der Waals surface area contributed by atoms with Crippen molar-refractivity contribution >= 4 is 11.5 Å². The first-order chi connectivity index (χ1) is 16.2. The molecule has 9 nitrogen and oxygen atoms in total. The molecule has 4 rings (SSSR count). The number of anilines is 1. The summed E-state index contributed by atoms with van der Waals surface area (Å²) in [5.41, 5.74) is -1.17. The van der Waals surface area contributed by atoms with Gasteiger partial charge in [-0.25, -0.2) is 15.0 Å². The molecule has 3 aromatic heterocycles. The van der Waals surface area contributed by atoms with Gasteiger partial charge in [0.05, 0.1) is 6.04 Å². The van der Waals surface area contributed by atoms with Gasteiger partial charge < -0.3 is 10.3 Å². The average molecular weight is 468 g/mol. The number of H-pyrrole nitrogens is 1. The largest absolute Gasteiger partial charge is 0.433 e. The van der Waals surface area contributed by atoms with E-state index in [0.717, 1.165) is 30.7 Å². The lowest BCUT2D eigenvalue weighted by Crippen LogP contribution is -2.30. The second kappa shape index (κ2) is 9.01. The maximum absolute atomic E-state index is 12.8. The van der Waals surface area contributed by atoms with Crippen molar-refractivity contribution in [1.29, 1.82) is 10.7 Å². The summed E-state index contributed by atoms with van der Waals surface area (Å²) in [5, 5.41) is 20.1. The second-order valence-electron chi connectivity index (χ2n) is 7.96. The van der Waals surface area contributed by atoms with Crippen LogP contribution in [0.3, 0.4) is 0 Å². The number of hydrogen-bond donors (Lipinski definition) is 3. The molecule has 1 aliphatic carbocycles. The lowest BCUT2D eigenvalue weighted by molar-refractivity contribution is -0.141. The minimum absolute atomic E-state index is 0.00709. The molecule has 0 saturated heterocycles. The molecular weight excluding hydrogens is 449 g/mol. The Balaban J connectivity index is 1.67. The zero-order chi connectivity index (χ0) is 24.5. The Kier molecular flexibility index (Phi) is 6.10. The minimum atomic E-state index is -4.56. The molecule has 2 unspecified atom stereocenters. The molecule has 1 fully saturated rings. The predicted molar refractivity (Wildman–Crippen MR) is 115 cm³/mol. The smallest absolute Gasteiger partial charge is 0.363 e. The fourth-order valence-corrected chi connectivity index (χ4v) is 3.90. The highest BCUT2D eigenvalue weighted by atomic mass is 19.4. The van der Waals surface area contributed by atoms with Crippen LogP contribution in [0.2, 0.25) is 0 Å². The van der Waals surface area contributed by atoms with E-state index >= 15 is 0 Å². The van der Waals surface area contributed by atoms with E-state index in [-0.39, 0.29) is 23.2 Å². The molecule has 3 heterocycles. The van der Waals surface area contributed by atoms with Crippen molar-refractivity contribution in [2.45, 2.75) is 43.8 Å². The van der Waals surface area contributed by atoms with Crippen LogP contribution in [0.15, 0.2) is 41.8 Å². The van der Waals surface area contributed by atoms with Crippen LogP contribution < -0.4 is 10.9 Å². The van der Waals surface area contributed by atoms with E-state index in [2.05, 4.69) is 30.2 Å². The summed E-state index contributed by atoms with van der Waals surface area (Å²) in [5.74, 6) is 0.329. The molecule has 0 spiro atoms. The van der Waals surface area contributed by atoms with Crippen molar-refractivity contribution in [3.05, 3.63) is 75.6 Å². The number of rotatable bonds is 6. The van der Waals surface area contributed by atoms with Crippen LogP contribution in [-0.2, 0) is 6.18 Å². The highest BCUT2D eigenvalue weighted by Gasteiger charge is 2.36. The van der Waals surface area contributed by atoms with Crippen molar-refractivity contribution in [3.63, 3.8) is 0 Å². The number of nitrogens with zero attached hydrogens (tertiary/aromatic N) is 5. The molecule has 1 saturated carbocycles. The molecule has 0 aromatic carbocycles. The molecule has 174 valence electrons. The number of aromatic amines is 1. The van der Waals surface area contributed by atoms with Gasteiger partial charge in [-0.05, 0) is 42.9 Å². The lowest BCUT2D eigenvalue weighted by Gasteiger charge is -2.36. The summed E-state index contributed by atoms with van der Waals surface area (Å²) in [7, 11) is 0. The molecule has 3 atom stereocenters. The normalized spacial score (nSPS) is 18.4. The predicted octanol–water partition coefficient (Wildman–Crippen LogP) is 3.70. The maximum Gasteiger partial charge on any atom is 0.433 e. The highest BCUT2D eigenvalue weighted by Crippen LogP contribution is 2.47. The van der Waals surface area contributed by atoms with E-state index in [1.165, 1.54) is 12.4 Å². The Hall–Kier alpha value is -4.14. The quantitative estimate of drug-likeness (QED) is 0.468. The minimum Gasteiger partial charge on any atom is -0.363 e. The van der Waals surface area contributed by atoms with Crippen molar-refractivity contribution in [2.24, 2.45) is 0 Å². The van der Waals surface area contributed by atoms with Gasteiger partial charge in [-0.15, -0.1) is 0 Å². The first-order valence-electron chi connectivity index (χ1n) is 10.4. The van der Waals surface area contributed by atoms with Gasteiger partial charge in [-0.2, -0.15) is 18.4 Å². The number of nitriles is 1. The third-order valence-corrected chi connectivity index (χ3v) is 5.86. The summed E-state index contributed by atoms with van der Waals surface area (Å²) in [6.45, 7) is 1.65. The number of hydrogen-bond acceptors (Lipinski definition) is 8. The van der Waals surface area contributed by atoms with E-state index < -0.39 is 29.2 Å². The van der Waals surface area contributed by atoms with Gasteiger partial charge in [-0.3, -0.25) is 15.2 Å². The van der Waals surface area contributed by atoms with Crippen LogP contribution in [0.4, 0.5) is 19.0 Å². The van der Waals surface area contributed by atoms with E-state index in [0.29, 0.717) is 11.4 Å². The van der Waals surface area contributed by atoms with Gasteiger partial charge >= 0.3 is 6.18 Å². The number of halogens is 3. The van der Waals surface area contributed by atoms with Gasteiger partial charge in [0.15, 0.2) is 0 Å². The number of aromatic nitrogens is 5. The van der Waals surface area contributed by atoms with Crippen LogP contribution in [0, 0.1) is 16.7 Å². The third kappa shape index (κ3) is 4.50. The van der Waals surface area contributed by atoms with Crippen LogP contribution in [0.1, 0.15) is 65.9 Å². The second-order valence-corrected chi connectivity index (χ2v) is 7.96. The summed E-state index contributed by atoms with van der Waals surface area (Å²) < 4.78 is 38.5. The SMILES string of the molecule is C[C@H](Nc1nc(C2CCC2c2cncnc2)[nH]c(=O)c1C(=N)C#N)c1ccc(C(F)(F)F)nc1. The van der Waals surface area contributed by atoms with Crippen LogP contribution >= 0.6 is 0 Å². The molecule has 0 bridgehead atoms. The Morgan fingerprint density at radius 3 is 2.50 bits per heavy atom. The van der Waals surface area contributed by atoms with Gasteiger partial charge in [0.2, 0.25) is 0 Å². The van der Waals surface area contributed by atoms with Crippen molar-refractivity contribution in [1.82, 2.24) is 24.9 Å². The zero-order valence-electron chi connectivity index (χ0n) is 17.9. The monoisotopic (exact) mass is 468 g/mol. The van der Waals surface area contributed by atoms with E-state index in [4.69, 9.17) is 5.41 Å². The van der Waals surface area contributed by atoms with Gasteiger partial charge in [0, 0.05) is 24.5 Å². The fourth-order valence-electron chi connectivity index (χ4n) is 3.90. The van der Waals surface area contributed by atoms with Gasteiger partial charge in [0.1, 0.15) is 41.0 Å². The van der Waals surface area contributed by atoms with E-state index in [1.807, 2.05) is 0 Å². The lowest BCUT2D eigenvalue weighted by atomic mass is 9.70. The van der Waals surface area contributed by atoms with E-state index in [1.54, 1.807) is 25.4 Å². The zero-order valence-corrected chi connectivity index (χ0v) is 17.9. The average Bonchev–Trinajstić information content (AvgIpc) is 2.78. The van der Waals surface area contributed by atoms with Crippen LogP contribution in [0.25, 0.3) is 0 Å². The Morgan fingerprint density at radius 2 is 1.94 bits per heavy atom. The van der Waals surface area contributed by atoms with Gasteiger partial charge in [-0.1, -0.05) is 6.07 Å². The molecule has 0 amide bonds. The Labute approximate surface area is 191 Å². The van der Waals surface area contributed by atoms with Crippen LogP contribution in [-0.4, -0.2) is 30.6 Å². The van der Waals surface area contributed by atoms with Crippen LogP contribution in [0.5, 0.6) is 0 Å². The van der Waals surface area contributed by atoms with Crippen molar-refractivity contribution in [2.75, 3.05) is 5.32 Å². The Bertz CT molecular complexity index is 1300. The summed E-state index contributed by atoms with van der Waals surface area (Å²) in [4.78, 5) is 31.6. The van der Waals surface area contributed by atoms with Crippen molar-refractivity contribution in [3.8, 4) is 6.07 Å². The molecular formula is C22H19F3N8O. The third-order valence-electron chi connectivity index (χ3n) is 5.86. The highest BCUT2D eigenvalue weighted by molar-refractivity contribution is 6.12. The number of alkyl halides is 3. The molecule has 3 aromatic rings. The molecule has 1 aliphatic rings. The van der Waals surface area contributed by atoms with Gasteiger partial charge in [0.25, 0.3) is 5.56 Å². The maximum atomic E-state index is 12.8. The first kappa shape index (κ1) is 23.0. The summed E-state index contributed by atoms with van der Waals surface area (Å²) in [6.07, 6.45) is 2.99. The first-order valence-corrected chi connectivity index (χ1v) is 10.4. The molecule has 34 heavy (non-hydrogen) atoms. The fraction of sp³-hybridized carbons (Fsp3) is 0.318. The molecule has 3 N–H and O–H groups in total. The topological polar surface area (TPSA) is 144 Å². The summed E-state index contributed by atoms with van der Waals surface area (Å²) >= 11 is 0. The molecule has 12 heteroatoms. The van der Waals surface area contributed by atoms with Crippen molar-refractivity contribution < 1.29 is 13.2 Å². The summed E-state index contributed by atoms with van der Waals surface area (Å²) in [6, 6.07) is 3.17. The Morgan fingerprint density at radius 1 is 1.24 bits per heavy atom.